The van der Waals surface area contributed by atoms with E-state index in [0.29, 0.717) is 0 Å². The van der Waals surface area contributed by atoms with Crippen molar-refractivity contribution in [2.75, 3.05) is 13.2 Å². The fraction of sp³-hybridized carbons (Fsp3) is 1.00. The molecule has 1 spiro atoms. The van der Waals surface area contributed by atoms with E-state index in [1.165, 1.54) is 26.2 Å². The van der Waals surface area contributed by atoms with Crippen molar-refractivity contribution >= 4 is 0 Å². The Labute approximate surface area is 98.6 Å². The fourth-order valence-electron chi connectivity index (χ4n) is 1.88. The van der Waals surface area contributed by atoms with Gasteiger partial charge in [0.15, 0.2) is 5.79 Å². The molecule has 2 rings (SSSR count). The number of aliphatic hydroxyl groups is 2. The number of rotatable bonds is 0. The second-order valence-electron chi connectivity index (χ2n) is 3.80. The second kappa shape index (κ2) is 8.93. The number of hydrogen-bond donors (Lipinski definition) is 2. The van der Waals surface area contributed by atoms with E-state index >= 15 is 0 Å². The average Bonchev–Trinajstić information content (AvgIpc) is 2.70. The predicted molar refractivity (Wildman–Crippen MR) is 63.0 cm³/mol. The number of hydrogen-bond acceptors (Lipinski definition) is 4. The van der Waals surface area contributed by atoms with Gasteiger partial charge in [0.2, 0.25) is 0 Å². The minimum atomic E-state index is -1.17. The summed E-state index contributed by atoms with van der Waals surface area (Å²) in [7, 11) is 0. The lowest BCUT2D eigenvalue weighted by atomic mass is 9.94. The quantitative estimate of drug-likeness (QED) is 0.630. The van der Waals surface area contributed by atoms with E-state index in [9.17, 15) is 0 Å². The Morgan fingerprint density at radius 1 is 0.938 bits per heavy atom. The van der Waals surface area contributed by atoms with E-state index in [4.69, 9.17) is 19.7 Å². The lowest BCUT2D eigenvalue weighted by Crippen LogP contribution is -2.32. The first-order valence-electron chi connectivity index (χ1n) is 6.29. The van der Waals surface area contributed by atoms with Gasteiger partial charge in [0.05, 0.1) is 13.2 Å². The molecule has 2 aliphatic rings. The van der Waals surface area contributed by atoms with Gasteiger partial charge in [0.1, 0.15) is 6.29 Å². The Balaban J connectivity index is 0.000000323. The van der Waals surface area contributed by atoms with Crippen molar-refractivity contribution in [1.29, 1.82) is 0 Å². The molecule has 0 bridgehead atoms. The maximum Gasteiger partial charge on any atom is 0.168 e. The molecular formula is C12H26O4. The van der Waals surface area contributed by atoms with Crippen molar-refractivity contribution in [2.45, 2.75) is 65.0 Å². The van der Waals surface area contributed by atoms with Crippen molar-refractivity contribution in [3.63, 3.8) is 0 Å². The number of aliphatic hydroxyl groups excluding tert-OH is 1. The summed E-state index contributed by atoms with van der Waals surface area (Å²) in [6.45, 7) is 6.89. The van der Waals surface area contributed by atoms with Crippen molar-refractivity contribution in [3.8, 4) is 0 Å². The molecule has 1 saturated carbocycles. The molecule has 0 amide bonds. The van der Waals surface area contributed by atoms with Crippen LogP contribution in [0, 0.1) is 0 Å². The van der Waals surface area contributed by atoms with Gasteiger partial charge in [0.25, 0.3) is 0 Å². The summed E-state index contributed by atoms with van der Waals surface area (Å²) in [5.74, 6) is -0.127. The molecule has 0 unspecified atom stereocenters. The summed E-state index contributed by atoms with van der Waals surface area (Å²) in [6.07, 6.45) is 4.98. The molecule has 1 heterocycles. The third-order valence-electron chi connectivity index (χ3n) is 2.43. The minimum Gasteiger partial charge on any atom is -0.368 e. The van der Waals surface area contributed by atoms with E-state index in [2.05, 4.69) is 0 Å². The standard InChI is InChI=1S/C8H14O2.C2H6O2.C2H6/c1-2-4-8(5-3-1)9-6-7-10-8;1-2(3)4;1-2/h1-7H2;2-4H,1H3;1-2H3. The molecular weight excluding hydrogens is 208 g/mol. The third kappa shape index (κ3) is 6.43. The minimum absolute atomic E-state index is 0.127. The van der Waals surface area contributed by atoms with Crippen LogP contribution >= 0.6 is 0 Å². The van der Waals surface area contributed by atoms with Gasteiger partial charge in [-0.25, -0.2) is 0 Å². The van der Waals surface area contributed by atoms with E-state index in [-0.39, 0.29) is 5.79 Å². The van der Waals surface area contributed by atoms with Crippen LogP contribution in [-0.4, -0.2) is 35.5 Å². The largest absolute Gasteiger partial charge is 0.368 e. The molecule has 16 heavy (non-hydrogen) atoms. The van der Waals surface area contributed by atoms with Gasteiger partial charge < -0.3 is 19.7 Å². The summed E-state index contributed by atoms with van der Waals surface area (Å²) in [5, 5.41) is 15.2. The van der Waals surface area contributed by atoms with E-state index in [1.807, 2.05) is 13.8 Å². The van der Waals surface area contributed by atoms with Gasteiger partial charge >= 0.3 is 0 Å². The summed E-state index contributed by atoms with van der Waals surface area (Å²) >= 11 is 0. The van der Waals surface area contributed by atoms with Gasteiger partial charge in [-0.15, -0.1) is 0 Å². The Morgan fingerprint density at radius 3 is 1.69 bits per heavy atom. The molecule has 2 N–H and O–H groups in total. The van der Waals surface area contributed by atoms with Gasteiger partial charge in [-0.05, 0) is 19.8 Å². The highest BCUT2D eigenvalue weighted by Crippen LogP contribution is 2.35. The number of ether oxygens (including phenoxy) is 2. The zero-order chi connectivity index (χ0) is 12.4. The van der Waals surface area contributed by atoms with Crippen molar-refractivity contribution in [2.24, 2.45) is 0 Å². The zero-order valence-electron chi connectivity index (χ0n) is 10.7. The Kier molecular flexibility index (Phi) is 8.84. The molecule has 4 nitrogen and oxygen atoms in total. The van der Waals surface area contributed by atoms with E-state index in [1.54, 1.807) is 0 Å². The maximum absolute atomic E-state index is 7.61. The highest BCUT2D eigenvalue weighted by Gasteiger charge is 2.37. The van der Waals surface area contributed by atoms with E-state index < -0.39 is 6.29 Å². The Bertz CT molecular complexity index is 142. The molecule has 0 aromatic carbocycles. The highest BCUT2D eigenvalue weighted by molar-refractivity contribution is 4.77. The van der Waals surface area contributed by atoms with Crippen LogP contribution < -0.4 is 0 Å². The lowest BCUT2D eigenvalue weighted by Gasteiger charge is -2.30. The van der Waals surface area contributed by atoms with Gasteiger partial charge in [0, 0.05) is 12.8 Å². The molecule has 4 heteroatoms. The fourth-order valence-corrected chi connectivity index (χ4v) is 1.88. The second-order valence-corrected chi connectivity index (χ2v) is 3.80. The molecule has 0 radical (unpaired) electrons. The van der Waals surface area contributed by atoms with Gasteiger partial charge in [-0.3, -0.25) is 0 Å². The van der Waals surface area contributed by atoms with Gasteiger partial charge in [-0.2, -0.15) is 0 Å². The average molecular weight is 234 g/mol. The van der Waals surface area contributed by atoms with Crippen LogP contribution in [0.25, 0.3) is 0 Å². The third-order valence-corrected chi connectivity index (χ3v) is 2.43. The van der Waals surface area contributed by atoms with Crippen molar-refractivity contribution in [3.05, 3.63) is 0 Å². The highest BCUT2D eigenvalue weighted by atomic mass is 16.7. The molecule has 2 fully saturated rings. The molecule has 98 valence electrons. The zero-order valence-corrected chi connectivity index (χ0v) is 10.7. The summed E-state index contributed by atoms with van der Waals surface area (Å²) < 4.78 is 11.1. The van der Waals surface area contributed by atoms with Crippen LogP contribution in [0.3, 0.4) is 0 Å². The molecule has 0 atom stereocenters. The molecule has 1 saturated heterocycles. The molecule has 1 aliphatic heterocycles. The van der Waals surface area contributed by atoms with E-state index in [0.717, 1.165) is 26.1 Å². The topological polar surface area (TPSA) is 58.9 Å². The smallest absolute Gasteiger partial charge is 0.168 e. The van der Waals surface area contributed by atoms with Crippen LogP contribution in [0.2, 0.25) is 0 Å². The first-order valence-corrected chi connectivity index (χ1v) is 6.29. The van der Waals surface area contributed by atoms with Crippen LogP contribution in [0.5, 0.6) is 0 Å². The first kappa shape index (κ1) is 15.8. The molecule has 0 aromatic rings. The van der Waals surface area contributed by atoms with Crippen LogP contribution in [-0.2, 0) is 9.47 Å². The maximum atomic E-state index is 7.61. The Hall–Kier alpha value is -0.160. The SMILES string of the molecule is C1CCC2(CC1)OCCO2.CC.CC(O)O. The van der Waals surface area contributed by atoms with Crippen molar-refractivity contribution in [1.82, 2.24) is 0 Å². The first-order chi connectivity index (χ1) is 7.65. The van der Waals surface area contributed by atoms with Crippen molar-refractivity contribution < 1.29 is 19.7 Å². The monoisotopic (exact) mass is 234 g/mol. The lowest BCUT2D eigenvalue weighted by molar-refractivity contribution is -0.176. The van der Waals surface area contributed by atoms with Crippen LogP contribution in [0.4, 0.5) is 0 Å². The van der Waals surface area contributed by atoms with Crippen LogP contribution in [0.1, 0.15) is 52.9 Å². The van der Waals surface area contributed by atoms with Crippen LogP contribution in [0.15, 0.2) is 0 Å². The molecule has 0 aromatic heterocycles. The normalized spacial score (nSPS) is 22.1. The molecule has 1 aliphatic carbocycles. The summed E-state index contributed by atoms with van der Waals surface area (Å²) in [4.78, 5) is 0. The predicted octanol–water partition coefficient (Wildman–Crippen LogP) is 2.04. The summed E-state index contributed by atoms with van der Waals surface area (Å²) in [6, 6.07) is 0. The summed E-state index contributed by atoms with van der Waals surface area (Å²) in [5.41, 5.74) is 0. The van der Waals surface area contributed by atoms with Gasteiger partial charge in [-0.1, -0.05) is 20.3 Å². The Morgan fingerprint density at radius 2 is 1.31 bits per heavy atom.